The lowest BCUT2D eigenvalue weighted by Crippen LogP contribution is -2.44. The summed E-state index contributed by atoms with van der Waals surface area (Å²) in [4.78, 5) is 14.5. The molecule has 1 saturated carbocycles. The minimum atomic E-state index is -0.970. The maximum Gasteiger partial charge on any atom is 0.179 e. The lowest BCUT2D eigenvalue weighted by atomic mass is 9.86. The van der Waals surface area contributed by atoms with Crippen molar-refractivity contribution in [3.63, 3.8) is 0 Å². The molecule has 0 aliphatic heterocycles. The molecule has 1 aliphatic rings. The molecule has 1 atom stereocenters. The van der Waals surface area contributed by atoms with E-state index >= 15 is 0 Å². The van der Waals surface area contributed by atoms with E-state index in [-0.39, 0.29) is 17.4 Å². The van der Waals surface area contributed by atoms with Crippen LogP contribution in [-0.2, 0) is 0 Å². The molecule has 0 saturated heterocycles. The molecule has 1 aromatic rings. The number of ketones is 1. The first kappa shape index (κ1) is 16.1. The molecule has 1 fully saturated rings. The van der Waals surface area contributed by atoms with E-state index in [1.807, 2.05) is 14.0 Å². The number of hydrogen-bond acceptors (Lipinski definition) is 2. The first-order valence-electron chi connectivity index (χ1n) is 7.61. The van der Waals surface area contributed by atoms with Gasteiger partial charge in [0.1, 0.15) is 0 Å². The van der Waals surface area contributed by atoms with Gasteiger partial charge < -0.3 is 0 Å². The fourth-order valence-corrected chi connectivity index (χ4v) is 3.04. The second-order valence-electron chi connectivity index (χ2n) is 6.25. The molecule has 0 N–H and O–H groups in total. The summed E-state index contributed by atoms with van der Waals surface area (Å²) in [7, 11) is 1.95. The molecular formula is C17H23F2NO. The molecule has 0 heterocycles. The van der Waals surface area contributed by atoms with Gasteiger partial charge in [-0.25, -0.2) is 8.78 Å². The maximum atomic E-state index is 13.3. The molecule has 2 rings (SSSR count). The summed E-state index contributed by atoms with van der Waals surface area (Å²) in [5, 5.41) is 0. The number of nitrogens with zero attached hydrogens (tertiary/aromatic N) is 1. The summed E-state index contributed by atoms with van der Waals surface area (Å²) in [5.41, 5.74) is 0.234. The van der Waals surface area contributed by atoms with Crippen molar-refractivity contribution in [2.24, 2.45) is 5.92 Å². The number of carbonyl (C=O) groups excluding carboxylic acids is 1. The van der Waals surface area contributed by atoms with E-state index in [4.69, 9.17) is 0 Å². The van der Waals surface area contributed by atoms with Crippen LogP contribution in [0.3, 0.4) is 0 Å². The van der Waals surface area contributed by atoms with Crippen LogP contribution in [0.5, 0.6) is 0 Å². The van der Waals surface area contributed by atoms with Crippen LogP contribution in [0, 0.1) is 17.6 Å². The average molecular weight is 295 g/mol. The summed E-state index contributed by atoms with van der Waals surface area (Å²) in [5.74, 6) is -1.29. The Balaban J connectivity index is 2.05. The molecule has 0 radical (unpaired) electrons. The first-order valence-corrected chi connectivity index (χ1v) is 7.61. The summed E-state index contributed by atoms with van der Waals surface area (Å²) in [6, 6.07) is 3.43. The Kier molecular flexibility index (Phi) is 5.09. The number of benzene rings is 1. The third kappa shape index (κ3) is 3.67. The Labute approximate surface area is 125 Å². The summed E-state index contributed by atoms with van der Waals surface area (Å²) < 4.78 is 26.2. The first-order chi connectivity index (χ1) is 9.90. The second kappa shape index (κ2) is 6.65. The molecule has 1 aliphatic carbocycles. The van der Waals surface area contributed by atoms with E-state index in [0.29, 0.717) is 6.04 Å². The van der Waals surface area contributed by atoms with E-state index < -0.39 is 11.6 Å². The van der Waals surface area contributed by atoms with Crippen LogP contribution in [0.2, 0.25) is 0 Å². The Hall–Kier alpha value is -1.29. The van der Waals surface area contributed by atoms with Crippen molar-refractivity contribution in [2.45, 2.75) is 51.6 Å². The highest BCUT2D eigenvalue weighted by molar-refractivity contribution is 5.99. The zero-order valence-corrected chi connectivity index (χ0v) is 12.9. The van der Waals surface area contributed by atoms with Gasteiger partial charge in [0.05, 0.1) is 6.04 Å². The van der Waals surface area contributed by atoms with E-state index in [1.54, 1.807) is 0 Å². The minimum Gasteiger partial charge on any atom is -0.294 e. The predicted octanol–water partition coefficient (Wildman–Crippen LogP) is 4.05. The van der Waals surface area contributed by atoms with Crippen LogP contribution in [0.1, 0.15) is 49.9 Å². The highest BCUT2D eigenvalue weighted by Crippen LogP contribution is 2.28. The standard InChI is InChI=1S/C17H23F2NO/c1-11-4-7-14(8-5-11)20(3)12(2)17(21)13-6-9-15(18)16(19)10-13/h6,9-12,14H,4-5,7-8H2,1-3H3. The number of hydrogen-bond donors (Lipinski definition) is 0. The number of likely N-dealkylation sites (N-methyl/N-ethyl adjacent to an activating group) is 1. The van der Waals surface area contributed by atoms with Gasteiger partial charge in [0, 0.05) is 11.6 Å². The molecule has 21 heavy (non-hydrogen) atoms. The Morgan fingerprint density at radius 3 is 2.38 bits per heavy atom. The number of rotatable bonds is 4. The molecule has 1 aromatic carbocycles. The van der Waals surface area contributed by atoms with Gasteiger partial charge in [-0.15, -0.1) is 0 Å². The molecule has 0 aromatic heterocycles. The summed E-state index contributed by atoms with van der Waals surface area (Å²) >= 11 is 0. The van der Waals surface area contributed by atoms with Crippen molar-refractivity contribution in [3.05, 3.63) is 35.4 Å². The average Bonchev–Trinajstić information content (AvgIpc) is 2.48. The van der Waals surface area contributed by atoms with Gasteiger partial charge in [-0.2, -0.15) is 0 Å². The fraction of sp³-hybridized carbons (Fsp3) is 0.588. The molecule has 4 heteroatoms. The van der Waals surface area contributed by atoms with Crippen molar-refractivity contribution >= 4 is 5.78 Å². The Morgan fingerprint density at radius 1 is 1.19 bits per heavy atom. The topological polar surface area (TPSA) is 20.3 Å². The van der Waals surface area contributed by atoms with Crippen molar-refractivity contribution in [1.29, 1.82) is 0 Å². The number of carbonyl (C=O) groups is 1. The van der Waals surface area contributed by atoms with Gasteiger partial charge >= 0.3 is 0 Å². The molecule has 116 valence electrons. The van der Waals surface area contributed by atoms with Gasteiger partial charge in [0.25, 0.3) is 0 Å². The van der Waals surface area contributed by atoms with Crippen LogP contribution < -0.4 is 0 Å². The van der Waals surface area contributed by atoms with Crippen molar-refractivity contribution in [3.8, 4) is 0 Å². The lowest BCUT2D eigenvalue weighted by Gasteiger charge is -2.36. The Bertz CT molecular complexity index is 510. The van der Waals surface area contributed by atoms with Gasteiger partial charge in [-0.3, -0.25) is 9.69 Å². The van der Waals surface area contributed by atoms with Crippen LogP contribution in [-0.4, -0.2) is 29.8 Å². The van der Waals surface area contributed by atoms with Gasteiger partial charge in [0.2, 0.25) is 0 Å². The third-order valence-electron chi connectivity index (χ3n) is 4.76. The third-order valence-corrected chi connectivity index (χ3v) is 4.76. The highest BCUT2D eigenvalue weighted by Gasteiger charge is 2.28. The van der Waals surface area contributed by atoms with Gasteiger partial charge in [-0.1, -0.05) is 6.92 Å². The van der Waals surface area contributed by atoms with E-state index in [1.165, 1.54) is 18.9 Å². The van der Waals surface area contributed by atoms with Crippen molar-refractivity contribution < 1.29 is 13.6 Å². The van der Waals surface area contributed by atoms with E-state index in [9.17, 15) is 13.6 Å². The van der Waals surface area contributed by atoms with Gasteiger partial charge in [0.15, 0.2) is 17.4 Å². The van der Waals surface area contributed by atoms with Gasteiger partial charge in [-0.05, 0) is 63.8 Å². The molecular weight excluding hydrogens is 272 g/mol. The zero-order valence-electron chi connectivity index (χ0n) is 12.9. The second-order valence-corrected chi connectivity index (χ2v) is 6.25. The van der Waals surface area contributed by atoms with Crippen LogP contribution in [0.25, 0.3) is 0 Å². The fourth-order valence-electron chi connectivity index (χ4n) is 3.04. The summed E-state index contributed by atoms with van der Waals surface area (Å²) in [6.45, 7) is 4.09. The van der Waals surface area contributed by atoms with E-state index in [0.717, 1.165) is 30.9 Å². The van der Waals surface area contributed by atoms with Crippen molar-refractivity contribution in [2.75, 3.05) is 7.05 Å². The molecule has 1 unspecified atom stereocenters. The van der Waals surface area contributed by atoms with E-state index in [2.05, 4.69) is 11.8 Å². The number of halogens is 2. The molecule has 0 amide bonds. The maximum absolute atomic E-state index is 13.3. The number of Topliss-reactive ketones (excluding diaryl/α,β-unsaturated/α-hetero) is 1. The normalized spacial score (nSPS) is 24.1. The smallest absolute Gasteiger partial charge is 0.179 e. The molecule has 0 bridgehead atoms. The monoisotopic (exact) mass is 295 g/mol. The van der Waals surface area contributed by atoms with Crippen LogP contribution in [0.4, 0.5) is 8.78 Å². The van der Waals surface area contributed by atoms with Crippen molar-refractivity contribution in [1.82, 2.24) is 4.90 Å². The SMILES string of the molecule is CC1CCC(N(C)C(C)C(=O)c2ccc(F)c(F)c2)CC1. The quantitative estimate of drug-likeness (QED) is 0.781. The van der Waals surface area contributed by atoms with Crippen LogP contribution >= 0.6 is 0 Å². The molecule has 2 nitrogen and oxygen atoms in total. The lowest BCUT2D eigenvalue weighted by molar-refractivity contribution is 0.0758. The summed E-state index contributed by atoms with van der Waals surface area (Å²) in [6.07, 6.45) is 4.54. The Morgan fingerprint density at radius 2 is 1.81 bits per heavy atom. The molecule has 0 spiro atoms. The predicted molar refractivity (Wildman–Crippen MR) is 79.3 cm³/mol. The highest BCUT2D eigenvalue weighted by atomic mass is 19.2. The van der Waals surface area contributed by atoms with Crippen LogP contribution in [0.15, 0.2) is 18.2 Å². The largest absolute Gasteiger partial charge is 0.294 e. The minimum absolute atomic E-state index is 0.157. The zero-order chi connectivity index (χ0) is 15.6.